The number of benzene rings is 1. The van der Waals surface area contributed by atoms with Gasteiger partial charge in [0.05, 0.1) is 5.69 Å². The van der Waals surface area contributed by atoms with Crippen LogP contribution in [0.4, 0.5) is 24.8 Å². The molecule has 1 amide bonds. The molecule has 0 saturated carbocycles. The summed E-state index contributed by atoms with van der Waals surface area (Å²) in [5.41, 5.74) is 0.229. The number of aryl methyl sites for hydroxylation is 1. The maximum absolute atomic E-state index is 13.7. The van der Waals surface area contributed by atoms with Crippen molar-refractivity contribution in [2.75, 3.05) is 11.9 Å². The van der Waals surface area contributed by atoms with Crippen molar-refractivity contribution in [2.45, 2.75) is 20.8 Å². The molecule has 1 aromatic heterocycles. The second-order valence-electron chi connectivity index (χ2n) is 5.67. The van der Waals surface area contributed by atoms with E-state index in [0.29, 0.717) is 12.2 Å². The van der Waals surface area contributed by atoms with Gasteiger partial charge in [-0.05, 0) is 31.0 Å². The Morgan fingerprint density at radius 1 is 1.17 bits per heavy atom. The summed E-state index contributed by atoms with van der Waals surface area (Å²) < 4.78 is 39.9. The van der Waals surface area contributed by atoms with E-state index < -0.39 is 23.4 Å². The predicted octanol–water partition coefficient (Wildman–Crippen LogP) is 3.33. The van der Waals surface area contributed by atoms with E-state index in [4.69, 9.17) is 0 Å². The van der Waals surface area contributed by atoms with Gasteiger partial charge in [0.1, 0.15) is 5.69 Å². The van der Waals surface area contributed by atoms with Crippen LogP contribution in [0, 0.1) is 30.3 Å². The molecule has 2 N–H and O–H groups in total. The Bertz CT molecular complexity index is 765. The van der Waals surface area contributed by atoms with Crippen LogP contribution in [0.15, 0.2) is 18.2 Å². The molecular weight excluding hydrogens is 321 g/mol. The van der Waals surface area contributed by atoms with E-state index in [0.717, 1.165) is 12.1 Å². The Balaban J connectivity index is 2.26. The van der Waals surface area contributed by atoms with Crippen LogP contribution in [-0.2, 0) is 0 Å². The first-order valence-corrected chi connectivity index (χ1v) is 7.32. The number of amides is 1. The zero-order valence-electron chi connectivity index (χ0n) is 13.5. The van der Waals surface area contributed by atoms with Gasteiger partial charge in [-0.1, -0.05) is 13.8 Å². The molecule has 0 fully saturated rings. The van der Waals surface area contributed by atoms with Crippen LogP contribution in [0.25, 0.3) is 0 Å². The molecule has 1 heterocycles. The van der Waals surface area contributed by atoms with Crippen LogP contribution in [0.1, 0.15) is 30.0 Å². The van der Waals surface area contributed by atoms with Crippen molar-refractivity contribution in [3.63, 3.8) is 0 Å². The number of hydrogen-bond donors (Lipinski definition) is 2. The number of aromatic nitrogens is 2. The summed E-state index contributed by atoms with van der Waals surface area (Å²) in [4.78, 5) is 20.1. The molecular formula is C16H17F3N4O. The molecule has 1 aromatic carbocycles. The average Bonchev–Trinajstić information content (AvgIpc) is 2.52. The Morgan fingerprint density at radius 2 is 1.88 bits per heavy atom. The minimum absolute atomic E-state index is 0.0883. The van der Waals surface area contributed by atoms with Crippen LogP contribution in [-0.4, -0.2) is 22.4 Å². The fourth-order valence-corrected chi connectivity index (χ4v) is 1.87. The lowest BCUT2D eigenvalue weighted by Crippen LogP contribution is -2.28. The van der Waals surface area contributed by atoms with Gasteiger partial charge in [-0.3, -0.25) is 4.79 Å². The van der Waals surface area contributed by atoms with Gasteiger partial charge >= 0.3 is 0 Å². The number of anilines is 2. The lowest BCUT2D eigenvalue weighted by atomic mass is 10.2. The molecule has 0 spiro atoms. The number of halogens is 3. The summed E-state index contributed by atoms with van der Waals surface area (Å²) >= 11 is 0. The molecule has 0 atom stereocenters. The standard InChI is InChI=1S/C16H17F3N4O/c1-8(2)7-20-15(24)12-6-9(3)21-16(23-12)22-11-5-4-10(17)13(18)14(11)19/h4-6,8H,7H2,1-3H3,(H,20,24)(H,21,22,23). The highest BCUT2D eigenvalue weighted by molar-refractivity contribution is 5.92. The van der Waals surface area contributed by atoms with E-state index in [1.165, 1.54) is 6.07 Å². The van der Waals surface area contributed by atoms with E-state index in [1.807, 2.05) is 13.8 Å². The van der Waals surface area contributed by atoms with Crippen LogP contribution >= 0.6 is 0 Å². The fraction of sp³-hybridized carbons (Fsp3) is 0.312. The summed E-state index contributed by atoms with van der Waals surface area (Å²) in [6.45, 7) is 6.00. The largest absolute Gasteiger partial charge is 0.350 e. The van der Waals surface area contributed by atoms with Gasteiger partial charge in [0.25, 0.3) is 5.91 Å². The molecule has 0 saturated heterocycles. The molecule has 0 aliphatic heterocycles. The highest BCUT2D eigenvalue weighted by atomic mass is 19.2. The Labute approximate surface area is 137 Å². The highest BCUT2D eigenvalue weighted by Crippen LogP contribution is 2.22. The van der Waals surface area contributed by atoms with Crippen LogP contribution < -0.4 is 10.6 Å². The molecule has 2 rings (SSSR count). The predicted molar refractivity (Wildman–Crippen MR) is 83.5 cm³/mol. The number of rotatable bonds is 5. The minimum Gasteiger partial charge on any atom is -0.350 e. The van der Waals surface area contributed by atoms with E-state index in [2.05, 4.69) is 20.6 Å². The van der Waals surface area contributed by atoms with Crippen LogP contribution in [0.5, 0.6) is 0 Å². The van der Waals surface area contributed by atoms with Crippen molar-refractivity contribution in [2.24, 2.45) is 5.92 Å². The van der Waals surface area contributed by atoms with Crippen molar-refractivity contribution < 1.29 is 18.0 Å². The quantitative estimate of drug-likeness (QED) is 0.821. The Kier molecular flexibility index (Phi) is 5.38. The van der Waals surface area contributed by atoms with Crippen LogP contribution in [0.2, 0.25) is 0 Å². The molecule has 128 valence electrons. The second-order valence-corrected chi connectivity index (χ2v) is 5.67. The molecule has 2 aromatic rings. The Morgan fingerprint density at radius 3 is 2.54 bits per heavy atom. The molecule has 5 nitrogen and oxygen atoms in total. The first-order chi connectivity index (χ1) is 11.3. The zero-order valence-corrected chi connectivity index (χ0v) is 13.5. The summed E-state index contributed by atoms with van der Waals surface area (Å²) in [5, 5.41) is 5.16. The smallest absolute Gasteiger partial charge is 0.270 e. The third-order valence-electron chi connectivity index (χ3n) is 3.04. The third kappa shape index (κ3) is 4.21. The summed E-state index contributed by atoms with van der Waals surface area (Å²) in [6.07, 6.45) is 0. The van der Waals surface area contributed by atoms with E-state index in [-0.39, 0.29) is 23.2 Å². The number of carbonyl (C=O) groups is 1. The molecule has 8 heteroatoms. The zero-order chi connectivity index (χ0) is 17.9. The van der Waals surface area contributed by atoms with Crippen molar-refractivity contribution in [3.8, 4) is 0 Å². The van der Waals surface area contributed by atoms with E-state index in [1.54, 1.807) is 6.92 Å². The van der Waals surface area contributed by atoms with Gasteiger partial charge in [-0.2, -0.15) is 0 Å². The van der Waals surface area contributed by atoms with Gasteiger partial charge in [-0.15, -0.1) is 0 Å². The number of carbonyl (C=O) groups excluding carboxylic acids is 1. The lowest BCUT2D eigenvalue weighted by molar-refractivity contribution is 0.0944. The molecule has 24 heavy (non-hydrogen) atoms. The van der Waals surface area contributed by atoms with Gasteiger partial charge in [0.2, 0.25) is 5.95 Å². The third-order valence-corrected chi connectivity index (χ3v) is 3.04. The molecule has 0 aliphatic carbocycles. The summed E-state index contributed by atoms with van der Waals surface area (Å²) in [7, 11) is 0. The van der Waals surface area contributed by atoms with Gasteiger partial charge in [0.15, 0.2) is 17.5 Å². The molecule has 0 aliphatic rings. The lowest BCUT2D eigenvalue weighted by Gasteiger charge is -2.10. The average molecular weight is 338 g/mol. The Hall–Kier alpha value is -2.64. The van der Waals surface area contributed by atoms with Crippen molar-refractivity contribution in [3.05, 3.63) is 47.0 Å². The van der Waals surface area contributed by atoms with Gasteiger partial charge < -0.3 is 10.6 Å². The topological polar surface area (TPSA) is 66.9 Å². The first-order valence-electron chi connectivity index (χ1n) is 7.32. The maximum atomic E-state index is 13.7. The first kappa shape index (κ1) is 17.7. The van der Waals surface area contributed by atoms with Crippen molar-refractivity contribution in [1.29, 1.82) is 0 Å². The van der Waals surface area contributed by atoms with E-state index in [9.17, 15) is 18.0 Å². The van der Waals surface area contributed by atoms with Gasteiger partial charge in [0, 0.05) is 12.2 Å². The molecule has 0 bridgehead atoms. The number of nitrogens with one attached hydrogen (secondary N) is 2. The van der Waals surface area contributed by atoms with E-state index >= 15 is 0 Å². The molecule has 0 unspecified atom stereocenters. The summed E-state index contributed by atoms with van der Waals surface area (Å²) in [5.74, 6) is -4.49. The highest BCUT2D eigenvalue weighted by Gasteiger charge is 2.16. The summed E-state index contributed by atoms with van der Waals surface area (Å²) in [6, 6.07) is 3.28. The monoisotopic (exact) mass is 338 g/mol. The molecule has 0 radical (unpaired) electrons. The van der Waals surface area contributed by atoms with Crippen molar-refractivity contribution in [1.82, 2.24) is 15.3 Å². The normalized spacial score (nSPS) is 10.8. The SMILES string of the molecule is Cc1cc(C(=O)NCC(C)C)nc(Nc2ccc(F)c(F)c2F)n1. The van der Waals surface area contributed by atoms with Crippen molar-refractivity contribution >= 4 is 17.5 Å². The minimum atomic E-state index is -1.59. The second kappa shape index (κ2) is 7.29. The number of nitrogens with zero attached hydrogens (tertiary/aromatic N) is 2. The van der Waals surface area contributed by atoms with Crippen LogP contribution in [0.3, 0.4) is 0 Å². The number of hydrogen-bond acceptors (Lipinski definition) is 4. The van der Waals surface area contributed by atoms with Gasteiger partial charge in [-0.25, -0.2) is 23.1 Å². The maximum Gasteiger partial charge on any atom is 0.270 e. The fourth-order valence-electron chi connectivity index (χ4n) is 1.87.